The number of ether oxygens (including phenoxy) is 1. The normalized spacial score (nSPS) is 21.9. The van der Waals surface area contributed by atoms with E-state index in [2.05, 4.69) is 11.0 Å². The Morgan fingerprint density at radius 2 is 2.26 bits per heavy atom. The summed E-state index contributed by atoms with van der Waals surface area (Å²) in [5.74, 6) is 0.0702. The molecule has 2 atom stereocenters. The fraction of sp³-hybridized carbons (Fsp3) is 0.533. The zero-order chi connectivity index (χ0) is 13.8. The molecule has 2 unspecified atom stereocenters. The van der Waals surface area contributed by atoms with Crippen LogP contribution in [0.5, 0.6) is 5.75 Å². The first-order valence-corrected chi connectivity index (χ1v) is 6.76. The number of methoxy groups -OCH3 is 1. The summed E-state index contributed by atoms with van der Waals surface area (Å²) in [5, 5.41) is 9.23. The van der Waals surface area contributed by atoms with E-state index in [0.29, 0.717) is 0 Å². The Hall–Kier alpha value is -1.55. The van der Waals surface area contributed by atoms with Crippen molar-refractivity contribution in [2.75, 3.05) is 13.7 Å². The lowest BCUT2D eigenvalue weighted by Crippen LogP contribution is -2.44. The van der Waals surface area contributed by atoms with E-state index in [1.165, 1.54) is 0 Å². The Morgan fingerprint density at radius 3 is 2.95 bits per heavy atom. The third-order valence-electron chi connectivity index (χ3n) is 3.88. The Balaban J connectivity index is 2.25. The standard InChI is InChI=1S/C15H21NO3/c1-11(15(17)18)16-9-4-3-8-14(16)12-6-5-7-13(10-12)19-2/h5-7,10-11,14H,3-4,8-9H2,1-2H3,(H,17,18). The number of carboxylic acids is 1. The molecule has 1 aliphatic rings. The van der Waals surface area contributed by atoms with Crippen molar-refractivity contribution >= 4 is 5.97 Å². The molecule has 4 heteroatoms. The molecule has 0 aliphatic carbocycles. The highest BCUT2D eigenvalue weighted by atomic mass is 16.5. The molecule has 1 saturated heterocycles. The van der Waals surface area contributed by atoms with E-state index in [-0.39, 0.29) is 6.04 Å². The van der Waals surface area contributed by atoms with E-state index < -0.39 is 12.0 Å². The second-order valence-electron chi connectivity index (χ2n) is 5.04. The van der Waals surface area contributed by atoms with Crippen LogP contribution in [0, 0.1) is 0 Å². The fourth-order valence-electron chi connectivity index (χ4n) is 2.77. The monoisotopic (exact) mass is 263 g/mol. The van der Waals surface area contributed by atoms with Crippen LogP contribution in [-0.2, 0) is 4.79 Å². The van der Waals surface area contributed by atoms with Crippen LogP contribution in [0.15, 0.2) is 24.3 Å². The molecule has 0 spiro atoms. The van der Waals surface area contributed by atoms with Crippen LogP contribution in [0.25, 0.3) is 0 Å². The van der Waals surface area contributed by atoms with Gasteiger partial charge in [-0.25, -0.2) is 0 Å². The minimum Gasteiger partial charge on any atom is -0.497 e. The Bertz CT molecular complexity index is 447. The van der Waals surface area contributed by atoms with Gasteiger partial charge < -0.3 is 9.84 Å². The van der Waals surface area contributed by atoms with Crippen LogP contribution < -0.4 is 4.74 Å². The number of likely N-dealkylation sites (tertiary alicyclic amines) is 1. The number of benzene rings is 1. The molecule has 0 radical (unpaired) electrons. The van der Waals surface area contributed by atoms with Gasteiger partial charge in [-0.2, -0.15) is 0 Å². The highest BCUT2D eigenvalue weighted by Gasteiger charge is 2.31. The Labute approximate surface area is 114 Å². The minimum absolute atomic E-state index is 0.176. The van der Waals surface area contributed by atoms with Crippen molar-refractivity contribution in [2.45, 2.75) is 38.3 Å². The van der Waals surface area contributed by atoms with Crippen molar-refractivity contribution < 1.29 is 14.6 Å². The van der Waals surface area contributed by atoms with Crippen molar-refractivity contribution in [2.24, 2.45) is 0 Å². The molecule has 104 valence electrons. The third kappa shape index (κ3) is 3.07. The summed E-state index contributed by atoms with van der Waals surface area (Å²) in [6.45, 7) is 2.61. The molecule has 2 rings (SSSR count). The van der Waals surface area contributed by atoms with Crippen molar-refractivity contribution in [3.8, 4) is 5.75 Å². The summed E-state index contributed by atoms with van der Waals surface area (Å²) in [7, 11) is 1.65. The molecule has 1 N–H and O–H groups in total. The van der Waals surface area contributed by atoms with Crippen LogP contribution in [0.1, 0.15) is 37.8 Å². The number of carboxylic acid groups (broad SMARTS) is 1. The predicted molar refractivity (Wildman–Crippen MR) is 73.4 cm³/mol. The largest absolute Gasteiger partial charge is 0.497 e. The maximum Gasteiger partial charge on any atom is 0.320 e. The zero-order valence-corrected chi connectivity index (χ0v) is 11.5. The van der Waals surface area contributed by atoms with Crippen LogP contribution >= 0.6 is 0 Å². The van der Waals surface area contributed by atoms with Crippen LogP contribution in [-0.4, -0.2) is 35.7 Å². The van der Waals surface area contributed by atoms with Gasteiger partial charge in [-0.3, -0.25) is 9.69 Å². The summed E-state index contributed by atoms with van der Waals surface area (Å²) >= 11 is 0. The van der Waals surface area contributed by atoms with E-state index in [4.69, 9.17) is 4.74 Å². The molecular formula is C15H21NO3. The van der Waals surface area contributed by atoms with Gasteiger partial charge in [-0.15, -0.1) is 0 Å². The van der Waals surface area contributed by atoms with Crippen molar-refractivity contribution in [1.29, 1.82) is 0 Å². The molecule has 4 nitrogen and oxygen atoms in total. The average molecular weight is 263 g/mol. The zero-order valence-electron chi connectivity index (χ0n) is 11.5. The van der Waals surface area contributed by atoms with Gasteiger partial charge in [0.2, 0.25) is 0 Å². The SMILES string of the molecule is COc1cccc(C2CCCCN2C(C)C(=O)O)c1. The lowest BCUT2D eigenvalue weighted by atomic mass is 9.93. The number of hydrogen-bond acceptors (Lipinski definition) is 3. The van der Waals surface area contributed by atoms with Gasteiger partial charge in [0.15, 0.2) is 0 Å². The maximum absolute atomic E-state index is 11.2. The van der Waals surface area contributed by atoms with Crippen LogP contribution in [0.4, 0.5) is 0 Å². The summed E-state index contributed by atoms with van der Waals surface area (Å²) in [5.41, 5.74) is 1.15. The van der Waals surface area contributed by atoms with Gasteiger partial charge in [0.1, 0.15) is 11.8 Å². The van der Waals surface area contributed by atoms with Crippen molar-refractivity contribution in [1.82, 2.24) is 4.90 Å². The smallest absolute Gasteiger partial charge is 0.320 e. The van der Waals surface area contributed by atoms with E-state index in [1.54, 1.807) is 14.0 Å². The van der Waals surface area contributed by atoms with Gasteiger partial charge in [0.05, 0.1) is 7.11 Å². The molecule has 0 saturated carbocycles. The van der Waals surface area contributed by atoms with Gasteiger partial charge in [0.25, 0.3) is 0 Å². The molecule has 1 fully saturated rings. The number of carbonyl (C=O) groups is 1. The molecule has 19 heavy (non-hydrogen) atoms. The third-order valence-corrected chi connectivity index (χ3v) is 3.88. The molecule has 1 aromatic carbocycles. The molecule has 0 amide bonds. The summed E-state index contributed by atoms with van der Waals surface area (Å²) in [4.78, 5) is 13.3. The minimum atomic E-state index is -0.755. The number of rotatable bonds is 4. The van der Waals surface area contributed by atoms with Gasteiger partial charge in [-0.05, 0) is 44.0 Å². The topological polar surface area (TPSA) is 49.8 Å². The van der Waals surface area contributed by atoms with Gasteiger partial charge in [0, 0.05) is 6.04 Å². The lowest BCUT2D eigenvalue weighted by molar-refractivity contribution is -0.144. The van der Waals surface area contributed by atoms with E-state index in [9.17, 15) is 9.90 Å². The van der Waals surface area contributed by atoms with Crippen LogP contribution in [0.3, 0.4) is 0 Å². The summed E-state index contributed by atoms with van der Waals surface area (Å²) in [6, 6.07) is 7.67. The number of piperidine rings is 1. The van der Waals surface area contributed by atoms with Crippen LogP contribution in [0.2, 0.25) is 0 Å². The number of hydrogen-bond donors (Lipinski definition) is 1. The second-order valence-corrected chi connectivity index (χ2v) is 5.04. The fourth-order valence-corrected chi connectivity index (χ4v) is 2.77. The molecule has 0 bridgehead atoms. The van der Waals surface area contributed by atoms with E-state index >= 15 is 0 Å². The van der Waals surface area contributed by atoms with Gasteiger partial charge >= 0.3 is 5.97 Å². The average Bonchev–Trinajstić information content (AvgIpc) is 2.46. The summed E-state index contributed by atoms with van der Waals surface area (Å²) < 4.78 is 5.25. The first kappa shape index (κ1) is 13.9. The quantitative estimate of drug-likeness (QED) is 0.907. The molecular weight excluding hydrogens is 242 g/mol. The second kappa shape index (κ2) is 6.06. The van der Waals surface area contributed by atoms with Crippen molar-refractivity contribution in [3.63, 3.8) is 0 Å². The summed E-state index contributed by atoms with van der Waals surface area (Å²) in [6.07, 6.45) is 3.22. The first-order valence-electron chi connectivity index (χ1n) is 6.76. The lowest BCUT2D eigenvalue weighted by Gasteiger charge is -2.38. The maximum atomic E-state index is 11.2. The number of aliphatic carboxylic acids is 1. The van der Waals surface area contributed by atoms with Gasteiger partial charge in [-0.1, -0.05) is 18.6 Å². The Kier molecular flexibility index (Phi) is 4.43. The highest BCUT2D eigenvalue weighted by molar-refractivity contribution is 5.73. The molecule has 1 aliphatic heterocycles. The molecule has 1 aromatic rings. The van der Waals surface area contributed by atoms with E-state index in [0.717, 1.165) is 37.1 Å². The molecule has 1 heterocycles. The first-order chi connectivity index (χ1) is 9.13. The van der Waals surface area contributed by atoms with Crippen molar-refractivity contribution in [3.05, 3.63) is 29.8 Å². The molecule has 0 aromatic heterocycles. The Morgan fingerprint density at radius 1 is 1.47 bits per heavy atom. The highest BCUT2D eigenvalue weighted by Crippen LogP contribution is 2.33. The van der Waals surface area contributed by atoms with E-state index in [1.807, 2.05) is 18.2 Å². The predicted octanol–water partition coefficient (Wildman–Crippen LogP) is 2.70. The number of nitrogens with zero attached hydrogens (tertiary/aromatic N) is 1.